The molecule has 0 aliphatic heterocycles. The number of thiophene rings is 1. The van der Waals surface area contributed by atoms with Crippen LogP contribution in [0.4, 0.5) is 10.7 Å². The van der Waals surface area contributed by atoms with E-state index in [-0.39, 0.29) is 9.92 Å². The van der Waals surface area contributed by atoms with Crippen LogP contribution in [-0.4, -0.2) is 12.0 Å². The highest BCUT2D eigenvalue weighted by Crippen LogP contribution is 2.30. The molecule has 2 aromatic rings. The van der Waals surface area contributed by atoms with Gasteiger partial charge in [-0.3, -0.25) is 10.1 Å². The van der Waals surface area contributed by atoms with E-state index < -0.39 is 0 Å². The van der Waals surface area contributed by atoms with Gasteiger partial charge in [0, 0.05) is 28.7 Å². The molecule has 0 saturated carbocycles. The second-order valence-electron chi connectivity index (χ2n) is 4.44. The molecule has 0 fully saturated rings. The van der Waals surface area contributed by atoms with Crippen LogP contribution >= 0.6 is 11.3 Å². The van der Waals surface area contributed by atoms with Gasteiger partial charge in [-0.2, -0.15) is 0 Å². The van der Waals surface area contributed by atoms with E-state index in [4.69, 9.17) is 4.74 Å². The van der Waals surface area contributed by atoms with E-state index in [1.165, 1.54) is 17.4 Å². The van der Waals surface area contributed by atoms with Crippen LogP contribution in [-0.2, 0) is 6.54 Å². The largest absolute Gasteiger partial charge is 0.496 e. The van der Waals surface area contributed by atoms with Crippen molar-refractivity contribution >= 4 is 22.0 Å². The minimum Gasteiger partial charge on any atom is -0.496 e. The molecule has 1 heterocycles. The van der Waals surface area contributed by atoms with Gasteiger partial charge < -0.3 is 10.1 Å². The monoisotopic (exact) mass is 292 g/mol. The van der Waals surface area contributed by atoms with E-state index in [2.05, 4.69) is 5.32 Å². The van der Waals surface area contributed by atoms with Crippen LogP contribution in [0.15, 0.2) is 24.3 Å². The number of hydrogen-bond donors (Lipinski definition) is 1. The summed E-state index contributed by atoms with van der Waals surface area (Å²) < 4.78 is 5.38. The Hall–Kier alpha value is -2.08. The zero-order valence-corrected chi connectivity index (χ0v) is 12.4. The summed E-state index contributed by atoms with van der Waals surface area (Å²) in [6, 6.07) is 7.29. The topological polar surface area (TPSA) is 64.4 Å². The van der Waals surface area contributed by atoms with Crippen molar-refractivity contribution in [1.29, 1.82) is 0 Å². The fraction of sp³-hybridized carbons (Fsp3) is 0.286. The summed E-state index contributed by atoms with van der Waals surface area (Å²) in [6.07, 6.45) is 0. The highest BCUT2D eigenvalue weighted by atomic mass is 32.1. The van der Waals surface area contributed by atoms with Crippen LogP contribution in [0.2, 0.25) is 0 Å². The molecule has 0 atom stereocenters. The van der Waals surface area contributed by atoms with Crippen molar-refractivity contribution in [2.24, 2.45) is 0 Å². The van der Waals surface area contributed by atoms with Crippen molar-refractivity contribution < 1.29 is 9.66 Å². The molecule has 1 aromatic heterocycles. The number of nitrogens with zero attached hydrogens (tertiary/aromatic N) is 1. The quantitative estimate of drug-likeness (QED) is 0.670. The van der Waals surface area contributed by atoms with Crippen LogP contribution in [0.5, 0.6) is 5.75 Å². The number of anilines is 1. The van der Waals surface area contributed by atoms with Gasteiger partial charge in [-0.15, -0.1) is 0 Å². The molecule has 2 rings (SSSR count). The highest BCUT2D eigenvalue weighted by molar-refractivity contribution is 7.15. The number of methoxy groups -OCH3 is 1. The van der Waals surface area contributed by atoms with Gasteiger partial charge in [0.2, 0.25) is 0 Å². The Morgan fingerprint density at radius 1 is 1.30 bits per heavy atom. The van der Waals surface area contributed by atoms with Crippen LogP contribution in [0, 0.1) is 24.0 Å². The van der Waals surface area contributed by atoms with Crippen molar-refractivity contribution in [3.63, 3.8) is 0 Å². The molecule has 20 heavy (non-hydrogen) atoms. The molecule has 1 N–H and O–H groups in total. The third kappa shape index (κ3) is 2.91. The predicted octanol–water partition coefficient (Wildman–Crippen LogP) is 3.89. The lowest BCUT2D eigenvalue weighted by Gasteiger charge is -2.14. The van der Waals surface area contributed by atoms with Crippen LogP contribution in [0.25, 0.3) is 0 Å². The maximum atomic E-state index is 10.6. The number of benzene rings is 1. The molecule has 0 aliphatic carbocycles. The molecule has 106 valence electrons. The van der Waals surface area contributed by atoms with Gasteiger partial charge in [0.1, 0.15) is 5.75 Å². The third-order valence-electron chi connectivity index (χ3n) is 3.09. The first-order chi connectivity index (χ1) is 9.52. The SMILES string of the molecule is COc1c(C)ccc(NCc2ccc([N+](=O)[O-])s2)c1C. The van der Waals surface area contributed by atoms with Crippen molar-refractivity contribution in [3.05, 3.63) is 50.4 Å². The van der Waals surface area contributed by atoms with E-state index in [1.807, 2.05) is 26.0 Å². The average molecular weight is 292 g/mol. The van der Waals surface area contributed by atoms with Gasteiger partial charge in [-0.1, -0.05) is 17.4 Å². The van der Waals surface area contributed by atoms with E-state index in [9.17, 15) is 10.1 Å². The number of nitrogens with one attached hydrogen (secondary N) is 1. The zero-order chi connectivity index (χ0) is 14.7. The normalized spacial score (nSPS) is 10.3. The maximum absolute atomic E-state index is 10.6. The molecule has 0 aliphatic rings. The van der Waals surface area contributed by atoms with Crippen LogP contribution in [0.3, 0.4) is 0 Å². The molecule has 1 aromatic carbocycles. The second kappa shape index (κ2) is 5.92. The number of nitro groups is 1. The Kier molecular flexibility index (Phi) is 4.24. The fourth-order valence-corrected chi connectivity index (χ4v) is 2.83. The smallest absolute Gasteiger partial charge is 0.324 e. The highest BCUT2D eigenvalue weighted by Gasteiger charge is 2.11. The van der Waals surface area contributed by atoms with E-state index in [0.29, 0.717) is 6.54 Å². The van der Waals surface area contributed by atoms with E-state index in [1.54, 1.807) is 13.2 Å². The van der Waals surface area contributed by atoms with Crippen molar-refractivity contribution in [1.82, 2.24) is 0 Å². The van der Waals surface area contributed by atoms with Gasteiger partial charge >= 0.3 is 5.00 Å². The van der Waals surface area contributed by atoms with Gasteiger partial charge in [0.05, 0.1) is 12.0 Å². The fourth-order valence-electron chi connectivity index (χ4n) is 2.07. The summed E-state index contributed by atoms with van der Waals surface area (Å²) in [6.45, 7) is 4.55. The number of ether oxygens (including phenoxy) is 1. The maximum Gasteiger partial charge on any atom is 0.324 e. The van der Waals surface area contributed by atoms with E-state index >= 15 is 0 Å². The Morgan fingerprint density at radius 3 is 2.65 bits per heavy atom. The van der Waals surface area contributed by atoms with Crippen LogP contribution in [0.1, 0.15) is 16.0 Å². The van der Waals surface area contributed by atoms with Crippen molar-refractivity contribution in [2.45, 2.75) is 20.4 Å². The Labute approximate surface area is 121 Å². The molecule has 0 bridgehead atoms. The summed E-state index contributed by atoms with van der Waals surface area (Å²) in [7, 11) is 1.65. The standard InChI is InChI=1S/C14H16N2O3S/c1-9-4-6-12(10(2)14(9)19-3)15-8-11-5-7-13(20-11)16(17)18/h4-7,15H,8H2,1-3H3. The lowest BCUT2D eigenvalue weighted by atomic mass is 10.1. The minimum absolute atomic E-state index is 0.167. The van der Waals surface area contributed by atoms with Crippen LogP contribution < -0.4 is 10.1 Å². The molecule has 0 spiro atoms. The average Bonchev–Trinajstić information content (AvgIpc) is 2.87. The summed E-state index contributed by atoms with van der Waals surface area (Å²) in [5.74, 6) is 0.868. The first kappa shape index (κ1) is 14.3. The lowest BCUT2D eigenvalue weighted by Crippen LogP contribution is -2.01. The number of rotatable bonds is 5. The van der Waals surface area contributed by atoms with Crippen molar-refractivity contribution in [2.75, 3.05) is 12.4 Å². The molecule has 6 heteroatoms. The van der Waals surface area contributed by atoms with Gasteiger partial charge in [0.15, 0.2) is 0 Å². The first-order valence-corrected chi connectivity index (χ1v) is 6.95. The molecule has 5 nitrogen and oxygen atoms in total. The molecule has 0 unspecified atom stereocenters. The third-order valence-corrected chi connectivity index (χ3v) is 4.12. The zero-order valence-electron chi connectivity index (χ0n) is 11.6. The van der Waals surface area contributed by atoms with E-state index in [0.717, 1.165) is 27.4 Å². The lowest BCUT2D eigenvalue weighted by molar-refractivity contribution is -0.380. The molecular formula is C14H16N2O3S. The molecule has 0 saturated heterocycles. The van der Waals surface area contributed by atoms with Gasteiger partial charge in [0.25, 0.3) is 0 Å². The van der Waals surface area contributed by atoms with Gasteiger partial charge in [-0.25, -0.2) is 0 Å². The summed E-state index contributed by atoms with van der Waals surface area (Å²) in [5, 5.41) is 14.1. The summed E-state index contributed by atoms with van der Waals surface area (Å²) >= 11 is 1.19. The number of aryl methyl sites for hydroxylation is 1. The first-order valence-electron chi connectivity index (χ1n) is 6.14. The Balaban J connectivity index is 2.12. The Bertz CT molecular complexity index is 637. The Morgan fingerprint density at radius 2 is 2.05 bits per heavy atom. The summed E-state index contributed by atoms with van der Waals surface area (Å²) in [5.41, 5.74) is 3.10. The number of hydrogen-bond acceptors (Lipinski definition) is 5. The second-order valence-corrected chi connectivity index (χ2v) is 5.59. The minimum atomic E-state index is -0.367. The molecule has 0 amide bonds. The predicted molar refractivity (Wildman–Crippen MR) is 80.8 cm³/mol. The molecule has 0 radical (unpaired) electrons. The van der Waals surface area contributed by atoms with Gasteiger partial charge in [-0.05, 0) is 31.5 Å². The molecular weight excluding hydrogens is 276 g/mol. The van der Waals surface area contributed by atoms with Crippen molar-refractivity contribution in [3.8, 4) is 5.75 Å². The summed E-state index contributed by atoms with van der Waals surface area (Å²) in [4.78, 5) is 11.2.